The van der Waals surface area contributed by atoms with E-state index < -0.39 is 17.1 Å². The van der Waals surface area contributed by atoms with E-state index in [0.717, 1.165) is 5.56 Å². The molecule has 0 spiro atoms. The molecule has 2 aromatic carbocycles. The Morgan fingerprint density at radius 1 is 1.26 bits per heavy atom. The van der Waals surface area contributed by atoms with Crippen molar-refractivity contribution in [1.82, 2.24) is 0 Å². The number of rotatable bonds is 9. The van der Waals surface area contributed by atoms with Gasteiger partial charge >= 0.3 is 0 Å². The summed E-state index contributed by atoms with van der Waals surface area (Å²) in [6.45, 7) is 6.21. The van der Waals surface area contributed by atoms with E-state index in [1.54, 1.807) is 30.5 Å². The summed E-state index contributed by atoms with van der Waals surface area (Å²) in [5, 5.41) is 3.20. The third-order valence-corrected chi connectivity index (χ3v) is 5.29. The van der Waals surface area contributed by atoms with Crippen molar-refractivity contribution in [2.45, 2.75) is 26.2 Å². The molecule has 160 valence electrons. The van der Waals surface area contributed by atoms with Gasteiger partial charge in [-0.2, -0.15) is 0 Å². The molecule has 0 N–H and O–H groups in total. The molecule has 3 rings (SSSR count). The second-order valence-electron chi connectivity index (χ2n) is 7.42. The average molecular weight is 441 g/mol. The number of aliphatic imine (C=N–C) groups is 1. The van der Waals surface area contributed by atoms with E-state index in [1.165, 1.54) is 12.1 Å². The van der Waals surface area contributed by atoms with Gasteiger partial charge in [-0.3, -0.25) is 9.79 Å². The fraction of sp³-hybridized carbons (Fsp3) is 0.250. The number of halogens is 2. The van der Waals surface area contributed by atoms with Gasteiger partial charge in [0.05, 0.1) is 17.7 Å². The minimum Gasteiger partial charge on any atom is -0.493 e. The third-order valence-electron chi connectivity index (χ3n) is 5.04. The van der Waals surface area contributed by atoms with Crippen LogP contribution in [0.25, 0.3) is 5.70 Å². The molecule has 0 bridgehead atoms. The van der Waals surface area contributed by atoms with Crippen molar-refractivity contribution in [3.63, 3.8) is 0 Å². The Bertz CT molecular complexity index is 1060. The molecule has 1 fully saturated rings. The number of hydrogen-bond acceptors (Lipinski definition) is 4. The minimum absolute atomic E-state index is 0.308. The topological polar surface area (TPSA) is 68.1 Å². The number of ether oxygens (including phenoxy) is 1. The van der Waals surface area contributed by atoms with Crippen LogP contribution >= 0.6 is 11.6 Å². The molecule has 0 aromatic heterocycles. The molecule has 1 amide bonds. The molecule has 0 heterocycles. The first kappa shape index (κ1) is 22.6. The quantitative estimate of drug-likeness (QED) is 0.259. The van der Waals surface area contributed by atoms with E-state index >= 15 is 0 Å². The molecule has 0 radical (unpaired) electrons. The lowest BCUT2D eigenvalue weighted by atomic mass is 9.95. The van der Waals surface area contributed by atoms with Crippen molar-refractivity contribution in [2.75, 3.05) is 6.61 Å². The van der Waals surface area contributed by atoms with Crippen LogP contribution in [-0.4, -0.2) is 18.7 Å². The number of allylic oxidation sites excluding steroid dienone is 2. The minimum atomic E-state index is -0.758. The second kappa shape index (κ2) is 9.79. The molecular formula is C24H22ClFN2O3. The van der Waals surface area contributed by atoms with E-state index in [1.807, 2.05) is 19.1 Å². The van der Waals surface area contributed by atoms with Gasteiger partial charge in [-0.15, -0.1) is 4.91 Å². The van der Waals surface area contributed by atoms with E-state index in [-0.39, 0.29) is 0 Å². The highest BCUT2D eigenvalue weighted by Gasteiger charge is 2.50. The smallest absolute Gasteiger partial charge is 0.292 e. The van der Waals surface area contributed by atoms with Gasteiger partial charge in [-0.1, -0.05) is 35.9 Å². The number of carbonyl (C=O) groups is 1. The van der Waals surface area contributed by atoms with Crippen LogP contribution in [0.5, 0.6) is 5.75 Å². The second-order valence-corrected chi connectivity index (χ2v) is 7.86. The van der Waals surface area contributed by atoms with Crippen LogP contribution in [0.15, 0.2) is 70.9 Å². The van der Waals surface area contributed by atoms with Gasteiger partial charge in [0.25, 0.3) is 5.91 Å². The van der Waals surface area contributed by atoms with Gasteiger partial charge in [0.1, 0.15) is 11.6 Å². The molecule has 1 saturated carbocycles. The largest absolute Gasteiger partial charge is 0.493 e. The van der Waals surface area contributed by atoms with E-state index in [4.69, 9.17) is 16.3 Å². The van der Waals surface area contributed by atoms with Gasteiger partial charge in [0.2, 0.25) is 0 Å². The summed E-state index contributed by atoms with van der Waals surface area (Å²) in [5.74, 6) is -0.724. The molecule has 31 heavy (non-hydrogen) atoms. The van der Waals surface area contributed by atoms with E-state index in [9.17, 15) is 14.1 Å². The van der Waals surface area contributed by atoms with Crippen LogP contribution in [0.1, 0.15) is 37.3 Å². The number of amides is 1. The molecule has 0 saturated heterocycles. The summed E-state index contributed by atoms with van der Waals surface area (Å²) >= 11 is 5.94. The van der Waals surface area contributed by atoms with Gasteiger partial charge < -0.3 is 4.74 Å². The summed E-state index contributed by atoms with van der Waals surface area (Å²) in [6, 6.07) is 11.4. The summed E-state index contributed by atoms with van der Waals surface area (Å²) in [6.07, 6.45) is 4.89. The molecule has 5 nitrogen and oxygen atoms in total. The third kappa shape index (κ3) is 5.73. The molecule has 7 heteroatoms. The highest BCUT2D eigenvalue weighted by Crippen LogP contribution is 2.51. The molecule has 0 atom stereocenters. The van der Waals surface area contributed by atoms with Gasteiger partial charge in [0.15, 0.2) is 0 Å². The van der Waals surface area contributed by atoms with Crippen LogP contribution in [0.4, 0.5) is 4.39 Å². The maximum Gasteiger partial charge on any atom is 0.292 e. The predicted molar refractivity (Wildman–Crippen MR) is 121 cm³/mol. The standard InChI is InChI=1S/C24H22ClFN2O3/c1-3-31-22-13-19(26)8-9-20(22)21(27-15-17-4-6-18(25)7-5-17)12-16(2)14-24(10-11-24)23(29)28-30/h4-9,12-13,15H,2-3,10-11,14H2,1H3/b21-12-,27-15+. The Kier molecular flexibility index (Phi) is 7.13. The van der Waals surface area contributed by atoms with Crippen molar-refractivity contribution in [3.8, 4) is 5.75 Å². The number of carbonyl (C=O) groups excluding carboxylic acids is 1. The van der Waals surface area contributed by atoms with Crippen LogP contribution in [-0.2, 0) is 4.79 Å². The Morgan fingerprint density at radius 3 is 2.58 bits per heavy atom. The lowest BCUT2D eigenvalue weighted by Gasteiger charge is -2.13. The van der Waals surface area contributed by atoms with Crippen LogP contribution in [0.3, 0.4) is 0 Å². The molecular weight excluding hydrogens is 419 g/mol. The van der Waals surface area contributed by atoms with Gasteiger partial charge in [0, 0.05) is 28.0 Å². The van der Waals surface area contributed by atoms with Crippen LogP contribution < -0.4 is 4.74 Å². The van der Waals surface area contributed by atoms with Gasteiger partial charge in [-0.05, 0) is 62.1 Å². The zero-order chi connectivity index (χ0) is 22.4. The zero-order valence-electron chi connectivity index (χ0n) is 17.1. The van der Waals surface area contributed by atoms with Crippen LogP contribution in [0.2, 0.25) is 5.02 Å². The summed E-state index contributed by atoms with van der Waals surface area (Å²) in [4.78, 5) is 27.2. The lowest BCUT2D eigenvalue weighted by Crippen LogP contribution is -2.13. The zero-order valence-corrected chi connectivity index (χ0v) is 17.9. The van der Waals surface area contributed by atoms with E-state index in [2.05, 4.69) is 16.7 Å². The van der Waals surface area contributed by atoms with Crippen molar-refractivity contribution in [2.24, 2.45) is 15.6 Å². The average Bonchev–Trinajstić information content (AvgIpc) is 3.52. The predicted octanol–water partition coefficient (Wildman–Crippen LogP) is 6.36. The first-order chi connectivity index (χ1) is 14.9. The lowest BCUT2D eigenvalue weighted by molar-refractivity contribution is -0.122. The summed E-state index contributed by atoms with van der Waals surface area (Å²) in [7, 11) is 0. The maximum atomic E-state index is 13.8. The van der Waals surface area contributed by atoms with Crippen molar-refractivity contribution < 1.29 is 13.9 Å². The highest BCUT2D eigenvalue weighted by atomic mass is 35.5. The number of hydrogen-bond donors (Lipinski definition) is 0. The van der Waals surface area contributed by atoms with Gasteiger partial charge in [-0.25, -0.2) is 4.39 Å². The Morgan fingerprint density at radius 2 is 1.97 bits per heavy atom. The molecule has 1 aliphatic carbocycles. The SMILES string of the molecule is C=C(/C=C(\N=C\c1ccc(Cl)cc1)c1ccc(F)cc1OCC)CC1(C(=O)N=O)CC1. The molecule has 1 aliphatic rings. The number of benzene rings is 2. The number of nitroso groups, excluding NO2 is 1. The normalized spacial score (nSPS) is 15.0. The van der Waals surface area contributed by atoms with E-state index in [0.29, 0.717) is 53.5 Å². The summed E-state index contributed by atoms with van der Waals surface area (Å²) < 4.78 is 19.4. The fourth-order valence-electron chi connectivity index (χ4n) is 3.25. The molecule has 0 aliphatic heterocycles. The molecule has 2 aromatic rings. The molecule has 0 unspecified atom stereocenters. The first-order valence-corrected chi connectivity index (χ1v) is 10.2. The van der Waals surface area contributed by atoms with Crippen molar-refractivity contribution in [3.05, 3.63) is 87.6 Å². The van der Waals surface area contributed by atoms with Crippen molar-refractivity contribution >= 4 is 29.4 Å². The maximum absolute atomic E-state index is 13.8. The highest BCUT2D eigenvalue weighted by molar-refractivity contribution is 6.30. The number of nitrogens with zero attached hydrogens (tertiary/aromatic N) is 2. The Balaban J connectivity index is 1.97. The first-order valence-electron chi connectivity index (χ1n) is 9.86. The van der Waals surface area contributed by atoms with Crippen molar-refractivity contribution in [1.29, 1.82) is 0 Å². The van der Waals surface area contributed by atoms with Crippen LogP contribution in [0, 0.1) is 16.1 Å². The Labute approximate surface area is 185 Å². The monoisotopic (exact) mass is 440 g/mol. The Hall–Kier alpha value is -3.12. The fourth-order valence-corrected chi connectivity index (χ4v) is 3.38. The summed E-state index contributed by atoms with van der Waals surface area (Å²) in [5.41, 5.74) is 1.75.